The fourth-order valence-electron chi connectivity index (χ4n) is 2.26. The van der Waals surface area contributed by atoms with Gasteiger partial charge in [0.05, 0.1) is 4.90 Å². The Morgan fingerprint density at radius 1 is 1.17 bits per heavy atom. The van der Waals surface area contributed by atoms with Gasteiger partial charge in [-0.15, -0.1) is 0 Å². The van der Waals surface area contributed by atoms with Crippen LogP contribution in [-0.2, 0) is 16.4 Å². The Hall–Kier alpha value is -2.21. The molecule has 23 heavy (non-hydrogen) atoms. The van der Waals surface area contributed by atoms with Crippen molar-refractivity contribution in [3.8, 4) is 0 Å². The lowest BCUT2D eigenvalue weighted by Gasteiger charge is -2.22. The largest absolute Gasteiger partial charge is 0.334 e. The van der Waals surface area contributed by atoms with Crippen molar-refractivity contribution in [1.29, 1.82) is 0 Å². The van der Waals surface area contributed by atoms with E-state index in [1.165, 1.54) is 12.1 Å². The Morgan fingerprint density at radius 2 is 1.87 bits per heavy atom. The highest BCUT2D eigenvalue weighted by molar-refractivity contribution is 7.90. The molecule has 122 valence electrons. The third-order valence-electron chi connectivity index (χ3n) is 3.41. The lowest BCUT2D eigenvalue weighted by Crippen LogP contribution is -2.31. The standard InChI is InChI=1S/C17H20N2O3S/c1-3-11-19(13-14-5-4-10-18-12-14)17(20)15-6-8-16(9-7-15)23(2,21)22/h4-10,12H,3,11,13H2,1-2H3. The number of hydrogen-bond donors (Lipinski definition) is 0. The second-order valence-electron chi connectivity index (χ2n) is 5.38. The minimum atomic E-state index is -3.26. The molecule has 0 saturated heterocycles. The molecule has 0 atom stereocenters. The Labute approximate surface area is 136 Å². The number of benzene rings is 1. The van der Waals surface area contributed by atoms with E-state index in [2.05, 4.69) is 4.98 Å². The number of nitrogens with zero attached hydrogens (tertiary/aromatic N) is 2. The molecule has 0 fully saturated rings. The number of carbonyl (C=O) groups excluding carboxylic acids is 1. The van der Waals surface area contributed by atoms with Crippen molar-refractivity contribution in [2.24, 2.45) is 0 Å². The number of pyridine rings is 1. The van der Waals surface area contributed by atoms with Gasteiger partial charge in [0.15, 0.2) is 9.84 Å². The van der Waals surface area contributed by atoms with E-state index < -0.39 is 9.84 Å². The van der Waals surface area contributed by atoms with Crippen molar-refractivity contribution in [3.63, 3.8) is 0 Å². The lowest BCUT2D eigenvalue weighted by molar-refractivity contribution is 0.0743. The third kappa shape index (κ3) is 4.63. The molecular formula is C17H20N2O3S. The second kappa shape index (κ2) is 7.37. The highest BCUT2D eigenvalue weighted by Crippen LogP contribution is 2.14. The van der Waals surface area contributed by atoms with Crippen LogP contribution in [0.25, 0.3) is 0 Å². The van der Waals surface area contributed by atoms with E-state index in [0.29, 0.717) is 18.7 Å². The molecule has 1 aromatic carbocycles. The maximum absolute atomic E-state index is 12.7. The summed E-state index contributed by atoms with van der Waals surface area (Å²) in [6, 6.07) is 9.82. The first kappa shape index (κ1) is 17.1. The summed E-state index contributed by atoms with van der Waals surface area (Å²) in [6.45, 7) is 3.12. The van der Waals surface area contributed by atoms with Crippen LogP contribution >= 0.6 is 0 Å². The minimum absolute atomic E-state index is 0.115. The van der Waals surface area contributed by atoms with Gasteiger partial charge in [0.2, 0.25) is 0 Å². The van der Waals surface area contributed by atoms with Gasteiger partial charge in [-0.25, -0.2) is 8.42 Å². The van der Waals surface area contributed by atoms with E-state index in [0.717, 1.165) is 18.2 Å². The van der Waals surface area contributed by atoms with Crippen LogP contribution in [0.2, 0.25) is 0 Å². The van der Waals surface area contributed by atoms with E-state index in [4.69, 9.17) is 0 Å². The second-order valence-corrected chi connectivity index (χ2v) is 7.40. The van der Waals surface area contributed by atoms with Gasteiger partial charge in [-0.05, 0) is 42.3 Å². The highest BCUT2D eigenvalue weighted by atomic mass is 32.2. The molecule has 0 bridgehead atoms. The molecule has 0 saturated carbocycles. The first-order valence-corrected chi connectivity index (χ1v) is 9.29. The molecule has 0 spiro atoms. The molecule has 0 radical (unpaired) electrons. The first-order valence-electron chi connectivity index (χ1n) is 7.40. The summed E-state index contributed by atoms with van der Waals surface area (Å²) in [5.74, 6) is -0.115. The highest BCUT2D eigenvalue weighted by Gasteiger charge is 2.16. The van der Waals surface area contributed by atoms with E-state index in [9.17, 15) is 13.2 Å². The summed E-state index contributed by atoms with van der Waals surface area (Å²) in [7, 11) is -3.26. The summed E-state index contributed by atoms with van der Waals surface area (Å²) in [4.78, 5) is 18.7. The van der Waals surface area contributed by atoms with Crippen LogP contribution in [0.3, 0.4) is 0 Å². The molecule has 5 nitrogen and oxygen atoms in total. The summed E-state index contributed by atoms with van der Waals surface area (Å²) in [6.07, 6.45) is 5.42. The zero-order chi connectivity index (χ0) is 16.9. The molecule has 2 rings (SSSR count). The van der Waals surface area contributed by atoms with Gasteiger partial charge >= 0.3 is 0 Å². The third-order valence-corrected chi connectivity index (χ3v) is 4.53. The number of amides is 1. The smallest absolute Gasteiger partial charge is 0.254 e. The molecule has 1 heterocycles. The van der Waals surface area contributed by atoms with Crippen molar-refractivity contribution in [2.75, 3.05) is 12.8 Å². The maximum Gasteiger partial charge on any atom is 0.254 e. The van der Waals surface area contributed by atoms with Crippen molar-refractivity contribution in [1.82, 2.24) is 9.88 Å². The van der Waals surface area contributed by atoms with Gasteiger partial charge in [0.1, 0.15) is 0 Å². The molecule has 2 aromatic rings. The van der Waals surface area contributed by atoms with E-state index in [1.54, 1.807) is 29.4 Å². The topological polar surface area (TPSA) is 67.3 Å². The number of rotatable bonds is 6. The molecule has 1 amide bonds. The number of aromatic nitrogens is 1. The lowest BCUT2D eigenvalue weighted by atomic mass is 10.1. The Morgan fingerprint density at radius 3 is 2.39 bits per heavy atom. The van der Waals surface area contributed by atoms with Crippen LogP contribution < -0.4 is 0 Å². The zero-order valence-electron chi connectivity index (χ0n) is 13.3. The summed E-state index contributed by atoms with van der Waals surface area (Å²) >= 11 is 0. The van der Waals surface area contributed by atoms with Crippen LogP contribution in [0.1, 0.15) is 29.3 Å². The van der Waals surface area contributed by atoms with Crippen molar-refractivity contribution >= 4 is 15.7 Å². The summed E-state index contributed by atoms with van der Waals surface area (Å²) in [5, 5.41) is 0. The molecule has 0 aliphatic carbocycles. The van der Waals surface area contributed by atoms with E-state index >= 15 is 0 Å². The van der Waals surface area contributed by atoms with Gasteiger partial charge in [-0.1, -0.05) is 13.0 Å². The van der Waals surface area contributed by atoms with Gasteiger partial charge in [0, 0.05) is 37.3 Å². The minimum Gasteiger partial charge on any atom is -0.334 e. The van der Waals surface area contributed by atoms with Crippen LogP contribution in [0.15, 0.2) is 53.7 Å². The molecule has 1 aromatic heterocycles. The quantitative estimate of drug-likeness (QED) is 0.815. The monoisotopic (exact) mass is 332 g/mol. The molecule has 0 aliphatic rings. The van der Waals surface area contributed by atoms with E-state index in [1.807, 2.05) is 19.1 Å². The zero-order valence-corrected chi connectivity index (χ0v) is 14.1. The van der Waals surface area contributed by atoms with Crippen molar-refractivity contribution < 1.29 is 13.2 Å². The van der Waals surface area contributed by atoms with E-state index in [-0.39, 0.29) is 10.8 Å². The fourth-order valence-corrected chi connectivity index (χ4v) is 2.89. The fraction of sp³-hybridized carbons (Fsp3) is 0.294. The van der Waals surface area contributed by atoms with Crippen LogP contribution in [0.5, 0.6) is 0 Å². The maximum atomic E-state index is 12.7. The Balaban J connectivity index is 2.20. The normalized spacial score (nSPS) is 11.2. The summed E-state index contributed by atoms with van der Waals surface area (Å²) < 4.78 is 23.0. The first-order chi connectivity index (χ1) is 10.9. The predicted molar refractivity (Wildman–Crippen MR) is 88.8 cm³/mol. The van der Waals surface area contributed by atoms with Crippen LogP contribution in [-0.4, -0.2) is 37.0 Å². The molecule has 0 N–H and O–H groups in total. The van der Waals surface area contributed by atoms with Gasteiger partial charge in [-0.3, -0.25) is 9.78 Å². The van der Waals surface area contributed by atoms with Gasteiger partial charge in [-0.2, -0.15) is 0 Å². The van der Waals surface area contributed by atoms with Gasteiger partial charge < -0.3 is 4.90 Å². The average Bonchev–Trinajstić information content (AvgIpc) is 2.54. The molecule has 0 aliphatic heterocycles. The van der Waals surface area contributed by atoms with Gasteiger partial charge in [0.25, 0.3) is 5.91 Å². The van der Waals surface area contributed by atoms with Crippen molar-refractivity contribution in [2.45, 2.75) is 24.8 Å². The number of sulfone groups is 1. The van der Waals surface area contributed by atoms with Crippen LogP contribution in [0.4, 0.5) is 0 Å². The Bertz CT molecular complexity index is 756. The average molecular weight is 332 g/mol. The molecular weight excluding hydrogens is 312 g/mol. The number of hydrogen-bond acceptors (Lipinski definition) is 4. The predicted octanol–water partition coefficient (Wildman–Crippen LogP) is 2.54. The van der Waals surface area contributed by atoms with Crippen molar-refractivity contribution in [3.05, 3.63) is 59.9 Å². The summed E-state index contributed by atoms with van der Waals surface area (Å²) in [5.41, 5.74) is 1.44. The Kier molecular flexibility index (Phi) is 5.50. The molecule has 0 unspecified atom stereocenters. The number of carbonyl (C=O) groups is 1. The molecule has 6 heteroatoms. The SMILES string of the molecule is CCCN(Cc1cccnc1)C(=O)c1ccc(S(C)(=O)=O)cc1. The van der Waals surface area contributed by atoms with Crippen LogP contribution in [0, 0.1) is 0 Å².